The van der Waals surface area contributed by atoms with Crippen LogP contribution in [0.3, 0.4) is 0 Å². The Hall–Kier alpha value is -3.49. The number of fused-ring (bicyclic) bond motifs is 3. The van der Waals surface area contributed by atoms with Crippen LogP contribution < -0.4 is 5.73 Å². The van der Waals surface area contributed by atoms with Gasteiger partial charge >= 0.3 is 6.18 Å². The Morgan fingerprint density at radius 3 is 2.33 bits per heavy atom. The molecule has 4 rings (SSSR count). The van der Waals surface area contributed by atoms with Gasteiger partial charge in [0, 0.05) is 21.9 Å². The van der Waals surface area contributed by atoms with Crippen molar-refractivity contribution in [3.63, 3.8) is 0 Å². The van der Waals surface area contributed by atoms with Gasteiger partial charge in [0.05, 0.1) is 23.1 Å². The van der Waals surface area contributed by atoms with Crippen molar-refractivity contribution < 1.29 is 31.1 Å². The van der Waals surface area contributed by atoms with E-state index in [0.29, 0.717) is 5.52 Å². The molecule has 1 amide bonds. The molecule has 154 valence electrons. The standard InChI is InChI=1S/C21H12F6N2O/c22-14-7-4-10(18(23)19(14)24)9-29-15-3-1-2-13(20(28)30)17(15)12-6-5-11(8-16(12)29)21(25,26)27/h1-8H,9H2,(H2,28,30). The molecule has 0 aliphatic rings. The third kappa shape index (κ3) is 3.06. The van der Waals surface area contributed by atoms with E-state index in [1.807, 2.05) is 0 Å². The molecule has 0 aliphatic carbocycles. The topological polar surface area (TPSA) is 48.0 Å². The van der Waals surface area contributed by atoms with E-state index in [-0.39, 0.29) is 27.4 Å². The molecule has 0 saturated carbocycles. The van der Waals surface area contributed by atoms with Gasteiger partial charge < -0.3 is 10.3 Å². The molecule has 0 saturated heterocycles. The maximum absolute atomic E-state index is 14.2. The molecule has 0 aliphatic heterocycles. The molecule has 9 heteroatoms. The lowest BCUT2D eigenvalue weighted by Crippen LogP contribution is -2.11. The fourth-order valence-corrected chi connectivity index (χ4v) is 3.55. The molecular formula is C21H12F6N2O. The number of nitrogens with two attached hydrogens (primary N) is 1. The maximum atomic E-state index is 14.2. The average Bonchev–Trinajstić information content (AvgIpc) is 3.01. The maximum Gasteiger partial charge on any atom is 0.416 e. The first kappa shape index (κ1) is 19.8. The third-order valence-electron chi connectivity index (χ3n) is 4.93. The first-order chi connectivity index (χ1) is 14.1. The summed E-state index contributed by atoms with van der Waals surface area (Å²) in [5, 5.41) is 0.576. The van der Waals surface area contributed by atoms with Crippen LogP contribution in [0.2, 0.25) is 0 Å². The molecule has 0 unspecified atom stereocenters. The van der Waals surface area contributed by atoms with Gasteiger partial charge in [-0.05, 0) is 30.3 Å². The largest absolute Gasteiger partial charge is 0.416 e. The minimum absolute atomic E-state index is 0.0395. The van der Waals surface area contributed by atoms with Gasteiger partial charge in [-0.2, -0.15) is 13.2 Å². The van der Waals surface area contributed by atoms with E-state index in [0.717, 1.165) is 24.3 Å². The zero-order chi connectivity index (χ0) is 21.8. The quantitative estimate of drug-likeness (QED) is 0.350. The number of amides is 1. The summed E-state index contributed by atoms with van der Waals surface area (Å²) in [6, 6.07) is 9.08. The number of hydrogen-bond donors (Lipinski definition) is 1. The highest BCUT2D eigenvalue weighted by atomic mass is 19.4. The Morgan fingerprint density at radius 2 is 1.67 bits per heavy atom. The predicted octanol–water partition coefficient (Wildman–Crippen LogP) is 5.38. The van der Waals surface area contributed by atoms with Crippen molar-refractivity contribution in [2.75, 3.05) is 0 Å². The molecule has 0 atom stereocenters. The Labute approximate surface area is 165 Å². The zero-order valence-electron chi connectivity index (χ0n) is 15.0. The molecule has 0 spiro atoms. The molecule has 0 radical (unpaired) electrons. The molecule has 3 aromatic carbocycles. The number of carbonyl (C=O) groups excluding carboxylic acids is 1. The SMILES string of the molecule is NC(=O)c1cccc2c1c1ccc(C(F)(F)F)cc1n2Cc1ccc(F)c(F)c1F. The molecular weight excluding hydrogens is 410 g/mol. The van der Waals surface area contributed by atoms with E-state index < -0.39 is 41.6 Å². The van der Waals surface area contributed by atoms with E-state index in [1.54, 1.807) is 0 Å². The van der Waals surface area contributed by atoms with E-state index in [2.05, 4.69) is 0 Å². The van der Waals surface area contributed by atoms with Gasteiger partial charge in [-0.25, -0.2) is 13.2 Å². The lowest BCUT2D eigenvalue weighted by Gasteiger charge is -2.11. The highest BCUT2D eigenvalue weighted by Crippen LogP contribution is 2.37. The van der Waals surface area contributed by atoms with Crippen LogP contribution in [0.4, 0.5) is 26.3 Å². The highest BCUT2D eigenvalue weighted by Gasteiger charge is 2.31. The fraction of sp³-hybridized carbons (Fsp3) is 0.0952. The number of halogens is 6. The van der Waals surface area contributed by atoms with Crippen LogP contribution in [0.1, 0.15) is 21.5 Å². The van der Waals surface area contributed by atoms with Crippen molar-refractivity contribution in [3.05, 3.63) is 82.7 Å². The minimum Gasteiger partial charge on any atom is -0.366 e. The summed E-state index contributed by atoms with van der Waals surface area (Å²) in [5.41, 5.74) is 4.60. The van der Waals surface area contributed by atoms with Crippen LogP contribution in [-0.2, 0) is 12.7 Å². The number of nitrogens with zero attached hydrogens (tertiary/aromatic N) is 1. The molecule has 30 heavy (non-hydrogen) atoms. The zero-order valence-corrected chi connectivity index (χ0v) is 15.0. The number of rotatable bonds is 3. The third-order valence-corrected chi connectivity index (χ3v) is 4.93. The van der Waals surface area contributed by atoms with Crippen molar-refractivity contribution in [1.82, 2.24) is 4.57 Å². The second kappa shape index (κ2) is 6.79. The van der Waals surface area contributed by atoms with E-state index in [4.69, 9.17) is 5.73 Å². The van der Waals surface area contributed by atoms with Crippen LogP contribution in [0.25, 0.3) is 21.8 Å². The molecule has 2 N–H and O–H groups in total. The van der Waals surface area contributed by atoms with Crippen LogP contribution >= 0.6 is 0 Å². The van der Waals surface area contributed by atoms with Gasteiger partial charge in [-0.15, -0.1) is 0 Å². The van der Waals surface area contributed by atoms with E-state index >= 15 is 0 Å². The second-order valence-electron chi connectivity index (χ2n) is 6.71. The number of alkyl halides is 3. The second-order valence-corrected chi connectivity index (χ2v) is 6.71. The van der Waals surface area contributed by atoms with Gasteiger partial charge in [0.25, 0.3) is 0 Å². The number of carbonyl (C=O) groups is 1. The summed E-state index contributed by atoms with van der Waals surface area (Å²) in [4.78, 5) is 11.9. The highest BCUT2D eigenvalue weighted by molar-refractivity contribution is 6.18. The Morgan fingerprint density at radius 1 is 0.933 bits per heavy atom. The molecule has 0 bridgehead atoms. The first-order valence-electron chi connectivity index (χ1n) is 8.64. The van der Waals surface area contributed by atoms with E-state index in [9.17, 15) is 31.1 Å². The van der Waals surface area contributed by atoms with Gasteiger partial charge in [-0.1, -0.05) is 18.2 Å². The predicted molar refractivity (Wildman–Crippen MR) is 98.4 cm³/mol. The van der Waals surface area contributed by atoms with Crippen molar-refractivity contribution in [2.24, 2.45) is 5.73 Å². The van der Waals surface area contributed by atoms with Crippen molar-refractivity contribution in [1.29, 1.82) is 0 Å². The molecule has 3 nitrogen and oxygen atoms in total. The Bertz CT molecular complexity index is 1320. The number of aromatic nitrogens is 1. The van der Waals surface area contributed by atoms with E-state index in [1.165, 1.54) is 28.8 Å². The summed E-state index contributed by atoms with van der Waals surface area (Å²) < 4.78 is 82.3. The summed E-state index contributed by atoms with van der Waals surface area (Å²) >= 11 is 0. The Kier molecular flexibility index (Phi) is 4.48. The molecule has 1 heterocycles. The van der Waals surface area contributed by atoms with Crippen LogP contribution in [0, 0.1) is 17.5 Å². The molecule has 0 fully saturated rings. The van der Waals surface area contributed by atoms with Gasteiger partial charge in [0.15, 0.2) is 17.5 Å². The lowest BCUT2D eigenvalue weighted by molar-refractivity contribution is -0.137. The van der Waals surface area contributed by atoms with Crippen molar-refractivity contribution >= 4 is 27.7 Å². The summed E-state index contributed by atoms with van der Waals surface area (Å²) in [6.07, 6.45) is -4.64. The first-order valence-corrected chi connectivity index (χ1v) is 8.64. The Balaban J connectivity index is 2.06. The number of benzene rings is 3. The van der Waals surface area contributed by atoms with Crippen LogP contribution in [0.15, 0.2) is 48.5 Å². The number of hydrogen-bond acceptors (Lipinski definition) is 1. The van der Waals surface area contributed by atoms with Crippen molar-refractivity contribution in [2.45, 2.75) is 12.7 Å². The van der Waals surface area contributed by atoms with Crippen LogP contribution in [0.5, 0.6) is 0 Å². The fourth-order valence-electron chi connectivity index (χ4n) is 3.55. The van der Waals surface area contributed by atoms with Crippen LogP contribution in [-0.4, -0.2) is 10.5 Å². The smallest absolute Gasteiger partial charge is 0.366 e. The monoisotopic (exact) mass is 422 g/mol. The lowest BCUT2D eigenvalue weighted by atomic mass is 10.0. The minimum atomic E-state index is -4.64. The van der Waals surface area contributed by atoms with Gasteiger partial charge in [-0.3, -0.25) is 4.79 Å². The molecule has 1 aromatic heterocycles. The van der Waals surface area contributed by atoms with Gasteiger partial charge in [0.1, 0.15) is 0 Å². The number of primary amides is 1. The van der Waals surface area contributed by atoms with Gasteiger partial charge in [0.2, 0.25) is 5.91 Å². The summed E-state index contributed by atoms with van der Waals surface area (Å²) in [5.74, 6) is -5.29. The summed E-state index contributed by atoms with van der Waals surface area (Å²) in [7, 11) is 0. The summed E-state index contributed by atoms with van der Waals surface area (Å²) in [6.45, 7) is -0.396. The normalized spacial score (nSPS) is 12.1. The molecule has 4 aromatic rings. The average molecular weight is 422 g/mol. The van der Waals surface area contributed by atoms with Crippen molar-refractivity contribution in [3.8, 4) is 0 Å².